The van der Waals surface area contributed by atoms with E-state index >= 15 is 0 Å². The molecule has 1 fully saturated rings. The van der Waals surface area contributed by atoms with Gasteiger partial charge in [-0.15, -0.1) is 0 Å². The van der Waals surface area contributed by atoms with E-state index in [-0.39, 0.29) is 11.9 Å². The van der Waals surface area contributed by atoms with E-state index in [9.17, 15) is 4.79 Å². The molecule has 0 spiro atoms. The number of methoxy groups -OCH3 is 1. The summed E-state index contributed by atoms with van der Waals surface area (Å²) in [6.45, 7) is 1.86. The quantitative estimate of drug-likeness (QED) is 0.679. The summed E-state index contributed by atoms with van der Waals surface area (Å²) >= 11 is 0. The normalized spacial score (nSPS) is 16.4. The Kier molecular flexibility index (Phi) is 5.91. The Labute approximate surface area is 170 Å². The first-order chi connectivity index (χ1) is 14.2. The fraction of sp³-hybridized carbons (Fsp3) is 0.304. The zero-order valence-electron chi connectivity index (χ0n) is 16.6. The molecule has 2 aromatic carbocycles. The second-order valence-electron chi connectivity index (χ2n) is 7.30. The molecule has 1 aliphatic heterocycles. The standard InChI is InChI=1S/C23H26N4O2/c1-29-21-11-9-17(10-12-21)23-18(14-22(28)25-19-6-5-13-24-15-19)16-27(26-23)20-7-3-2-4-8-20/h2-4,7-12,16,19,24H,5-6,13-15H2,1H3,(H,25,28)/t19-/m0/s1. The maximum atomic E-state index is 12.7. The summed E-state index contributed by atoms with van der Waals surface area (Å²) in [5, 5.41) is 11.3. The molecular weight excluding hydrogens is 364 g/mol. The molecule has 6 nitrogen and oxygen atoms in total. The van der Waals surface area contributed by atoms with Crippen LogP contribution in [0.25, 0.3) is 16.9 Å². The number of carbonyl (C=O) groups excluding carboxylic acids is 1. The van der Waals surface area contributed by atoms with Crippen molar-refractivity contribution in [2.45, 2.75) is 25.3 Å². The summed E-state index contributed by atoms with van der Waals surface area (Å²) in [6, 6.07) is 17.9. The topological polar surface area (TPSA) is 68.2 Å². The summed E-state index contributed by atoms with van der Waals surface area (Å²) in [7, 11) is 1.65. The van der Waals surface area contributed by atoms with Crippen LogP contribution in [0.4, 0.5) is 0 Å². The number of para-hydroxylation sites is 1. The van der Waals surface area contributed by atoms with E-state index < -0.39 is 0 Å². The molecule has 29 heavy (non-hydrogen) atoms. The number of piperidine rings is 1. The molecule has 0 aliphatic carbocycles. The van der Waals surface area contributed by atoms with Gasteiger partial charge in [-0.25, -0.2) is 4.68 Å². The molecular formula is C23H26N4O2. The maximum absolute atomic E-state index is 12.7. The molecule has 0 bridgehead atoms. The van der Waals surface area contributed by atoms with Crippen molar-refractivity contribution in [2.24, 2.45) is 0 Å². The van der Waals surface area contributed by atoms with Gasteiger partial charge in [0.05, 0.1) is 24.9 Å². The van der Waals surface area contributed by atoms with Crippen LogP contribution in [-0.4, -0.2) is 41.9 Å². The minimum atomic E-state index is 0.0288. The summed E-state index contributed by atoms with van der Waals surface area (Å²) in [4.78, 5) is 12.7. The minimum Gasteiger partial charge on any atom is -0.497 e. The molecule has 1 saturated heterocycles. The molecule has 1 aromatic heterocycles. The number of nitrogens with zero attached hydrogens (tertiary/aromatic N) is 2. The Morgan fingerprint density at radius 3 is 2.69 bits per heavy atom. The Morgan fingerprint density at radius 2 is 2.00 bits per heavy atom. The van der Waals surface area contributed by atoms with Crippen LogP contribution >= 0.6 is 0 Å². The van der Waals surface area contributed by atoms with Gasteiger partial charge in [0.2, 0.25) is 5.91 Å². The molecule has 2 heterocycles. The van der Waals surface area contributed by atoms with E-state index in [1.807, 2.05) is 65.5 Å². The van der Waals surface area contributed by atoms with Gasteiger partial charge >= 0.3 is 0 Å². The Balaban J connectivity index is 1.61. The molecule has 0 unspecified atom stereocenters. The third kappa shape index (κ3) is 4.66. The van der Waals surface area contributed by atoms with E-state index in [1.165, 1.54) is 0 Å². The van der Waals surface area contributed by atoms with E-state index in [0.29, 0.717) is 6.42 Å². The van der Waals surface area contributed by atoms with Gasteiger partial charge in [-0.05, 0) is 55.8 Å². The van der Waals surface area contributed by atoms with Crippen molar-refractivity contribution in [1.82, 2.24) is 20.4 Å². The second kappa shape index (κ2) is 8.92. The first-order valence-corrected chi connectivity index (χ1v) is 10.0. The van der Waals surface area contributed by atoms with Crippen LogP contribution < -0.4 is 15.4 Å². The van der Waals surface area contributed by atoms with Crippen LogP contribution in [0.1, 0.15) is 18.4 Å². The van der Waals surface area contributed by atoms with Crippen molar-refractivity contribution >= 4 is 5.91 Å². The Morgan fingerprint density at radius 1 is 1.21 bits per heavy atom. The lowest BCUT2D eigenvalue weighted by atomic mass is 10.0. The van der Waals surface area contributed by atoms with Crippen molar-refractivity contribution in [3.05, 3.63) is 66.4 Å². The lowest BCUT2D eigenvalue weighted by Gasteiger charge is -2.23. The molecule has 1 amide bonds. The highest BCUT2D eigenvalue weighted by molar-refractivity contribution is 5.81. The highest BCUT2D eigenvalue weighted by Crippen LogP contribution is 2.26. The maximum Gasteiger partial charge on any atom is 0.224 e. The van der Waals surface area contributed by atoms with Gasteiger partial charge in [-0.2, -0.15) is 5.10 Å². The van der Waals surface area contributed by atoms with Crippen molar-refractivity contribution in [3.8, 4) is 22.7 Å². The van der Waals surface area contributed by atoms with Crippen molar-refractivity contribution in [2.75, 3.05) is 20.2 Å². The highest BCUT2D eigenvalue weighted by atomic mass is 16.5. The lowest BCUT2D eigenvalue weighted by Crippen LogP contribution is -2.46. The minimum absolute atomic E-state index is 0.0288. The number of amides is 1. The van der Waals surface area contributed by atoms with Crippen molar-refractivity contribution in [3.63, 3.8) is 0 Å². The summed E-state index contributed by atoms with van der Waals surface area (Å²) < 4.78 is 7.10. The van der Waals surface area contributed by atoms with Crippen molar-refractivity contribution in [1.29, 1.82) is 0 Å². The number of carbonyl (C=O) groups is 1. The number of nitrogens with one attached hydrogen (secondary N) is 2. The zero-order valence-corrected chi connectivity index (χ0v) is 16.6. The van der Waals surface area contributed by atoms with E-state index in [4.69, 9.17) is 9.84 Å². The van der Waals surface area contributed by atoms with Crippen LogP contribution in [0, 0.1) is 0 Å². The second-order valence-corrected chi connectivity index (χ2v) is 7.30. The molecule has 1 atom stereocenters. The first kappa shape index (κ1) is 19.2. The number of ether oxygens (including phenoxy) is 1. The molecule has 3 aromatic rings. The number of rotatable bonds is 6. The van der Waals surface area contributed by atoms with Gasteiger partial charge in [0.1, 0.15) is 5.75 Å². The predicted molar refractivity (Wildman–Crippen MR) is 113 cm³/mol. The molecule has 1 aliphatic rings. The van der Waals surface area contributed by atoms with Crippen LogP contribution in [0.3, 0.4) is 0 Å². The lowest BCUT2D eigenvalue weighted by molar-refractivity contribution is -0.121. The van der Waals surface area contributed by atoms with E-state index in [0.717, 1.165) is 54.2 Å². The molecule has 0 radical (unpaired) electrons. The molecule has 6 heteroatoms. The molecule has 4 rings (SSSR count). The monoisotopic (exact) mass is 390 g/mol. The summed E-state index contributed by atoms with van der Waals surface area (Å²) in [5.41, 5.74) is 3.64. The van der Waals surface area contributed by atoms with E-state index in [2.05, 4.69) is 10.6 Å². The fourth-order valence-corrected chi connectivity index (χ4v) is 3.67. The van der Waals surface area contributed by atoms with Gasteiger partial charge in [0.25, 0.3) is 0 Å². The number of benzene rings is 2. The van der Waals surface area contributed by atoms with Gasteiger partial charge in [-0.1, -0.05) is 18.2 Å². The smallest absolute Gasteiger partial charge is 0.224 e. The molecule has 0 saturated carbocycles. The fourth-order valence-electron chi connectivity index (χ4n) is 3.67. The number of hydrogen-bond donors (Lipinski definition) is 2. The van der Waals surface area contributed by atoms with Gasteiger partial charge < -0.3 is 15.4 Å². The average Bonchev–Trinajstić information content (AvgIpc) is 3.18. The third-order valence-electron chi connectivity index (χ3n) is 5.19. The van der Waals surface area contributed by atoms with Crippen molar-refractivity contribution < 1.29 is 9.53 Å². The summed E-state index contributed by atoms with van der Waals surface area (Å²) in [6.07, 6.45) is 4.36. The third-order valence-corrected chi connectivity index (χ3v) is 5.19. The van der Waals surface area contributed by atoms with Gasteiger partial charge in [-0.3, -0.25) is 4.79 Å². The van der Waals surface area contributed by atoms with Crippen LogP contribution in [-0.2, 0) is 11.2 Å². The average molecular weight is 390 g/mol. The van der Waals surface area contributed by atoms with Gasteiger partial charge in [0.15, 0.2) is 0 Å². The highest BCUT2D eigenvalue weighted by Gasteiger charge is 2.19. The number of hydrogen-bond acceptors (Lipinski definition) is 4. The Hall–Kier alpha value is -3.12. The number of aromatic nitrogens is 2. The Bertz CT molecular complexity index is 945. The van der Waals surface area contributed by atoms with Crippen LogP contribution in [0.5, 0.6) is 5.75 Å². The van der Waals surface area contributed by atoms with E-state index in [1.54, 1.807) is 7.11 Å². The summed E-state index contributed by atoms with van der Waals surface area (Å²) in [5.74, 6) is 0.821. The first-order valence-electron chi connectivity index (χ1n) is 10.0. The molecule has 150 valence electrons. The van der Waals surface area contributed by atoms with Gasteiger partial charge in [0, 0.05) is 29.9 Å². The van der Waals surface area contributed by atoms with Crippen LogP contribution in [0.15, 0.2) is 60.8 Å². The predicted octanol–water partition coefficient (Wildman–Crippen LogP) is 2.96. The SMILES string of the molecule is COc1ccc(-c2nn(-c3ccccc3)cc2CC(=O)N[C@H]2CCCNC2)cc1. The zero-order chi connectivity index (χ0) is 20.1. The largest absolute Gasteiger partial charge is 0.497 e. The molecule has 2 N–H and O–H groups in total. The van der Waals surface area contributed by atoms with Crippen LogP contribution in [0.2, 0.25) is 0 Å².